The number of ether oxygens (including phenoxy) is 1. The van der Waals surface area contributed by atoms with Gasteiger partial charge in [0.2, 0.25) is 0 Å². The van der Waals surface area contributed by atoms with E-state index in [1.807, 2.05) is 12.3 Å². The Morgan fingerprint density at radius 1 is 0.620 bits per heavy atom. The van der Waals surface area contributed by atoms with E-state index in [0.29, 0.717) is 18.2 Å². The Kier molecular flexibility index (Phi) is 8.60. The minimum absolute atomic E-state index is 0. The summed E-state index contributed by atoms with van der Waals surface area (Å²) >= 11 is 0. The van der Waals surface area contributed by atoms with Gasteiger partial charge in [-0.1, -0.05) is 101 Å². The molecular weight excluding hydrogens is 796 g/mol. The van der Waals surface area contributed by atoms with Crippen LogP contribution in [0.2, 0.25) is 0 Å². The number of aromatic nitrogens is 2. The zero-order valence-corrected chi connectivity index (χ0v) is 31.5. The molecule has 3 heterocycles. The molecule has 5 nitrogen and oxygen atoms in total. The third kappa shape index (κ3) is 6.09. The maximum Gasteiger partial charge on any atom is 2.00 e. The summed E-state index contributed by atoms with van der Waals surface area (Å²) in [6.45, 7) is 14.1. The van der Waals surface area contributed by atoms with Crippen LogP contribution in [0.15, 0.2) is 121 Å². The number of rotatable bonds is 5. The Morgan fingerprint density at radius 2 is 1.30 bits per heavy atom. The molecule has 0 atom stereocenters. The van der Waals surface area contributed by atoms with Crippen LogP contribution in [0.5, 0.6) is 11.5 Å². The third-order valence-electron chi connectivity index (χ3n) is 9.42. The van der Waals surface area contributed by atoms with Crippen LogP contribution in [0.1, 0.15) is 52.7 Å². The van der Waals surface area contributed by atoms with E-state index in [2.05, 4.69) is 177 Å². The first kappa shape index (κ1) is 33.6. The fourth-order valence-electron chi connectivity index (χ4n) is 6.71. The summed E-state index contributed by atoms with van der Waals surface area (Å²) in [5.74, 6) is 2.15. The van der Waals surface area contributed by atoms with Crippen LogP contribution >= 0.6 is 0 Å². The van der Waals surface area contributed by atoms with Crippen molar-refractivity contribution in [2.75, 3.05) is 16.5 Å². The van der Waals surface area contributed by atoms with Crippen LogP contribution in [0.4, 0.5) is 22.7 Å². The zero-order valence-electron chi connectivity index (χ0n) is 29.3. The minimum Gasteiger partial charge on any atom is -0.509 e. The first-order valence-electron chi connectivity index (χ1n) is 16.9. The predicted molar refractivity (Wildman–Crippen MR) is 202 cm³/mol. The molecule has 8 rings (SSSR count). The average Bonchev–Trinajstić information content (AvgIpc) is 3.64. The molecule has 5 aromatic carbocycles. The number of nitrogens with zero attached hydrogens (tertiary/aromatic N) is 4. The van der Waals surface area contributed by atoms with E-state index in [1.165, 1.54) is 16.8 Å². The SMILES string of the molecule is CC(C)(C)c1cc(Oc2[c-]c3c(cc2)c2ccccc2n3-c2cc(C(C)(C)C)ccn2)[c-]c(N2CN(c3ccccc3)c3ccccc32)c1.[Pt+2]. The number of para-hydroxylation sites is 4. The first-order valence-corrected chi connectivity index (χ1v) is 16.9. The van der Waals surface area contributed by atoms with Gasteiger partial charge in [-0.25, -0.2) is 4.98 Å². The summed E-state index contributed by atoms with van der Waals surface area (Å²) in [6, 6.07) is 47.7. The maximum atomic E-state index is 6.70. The van der Waals surface area contributed by atoms with Gasteiger partial charge in [-0.15, -0.1) is 41.3 Å². The molecule has 1 aliphatic rings. The van der Waals surface area contributed by atoms with Crippen molar-refractivity contribution >= 4 is 44.6 Å². The van der Waals surface area contributed by atoms with E-state index in [0.717, 1.165) is 44.7 Å². The topological polar surface area (TPSA) is 33.5 Å². The summed E-state index contributed by atoms with van der Waals surface area (Å²) < 4.78 is 8.90. The molecule has 50 heavy (non-hydrogen) atoms. The predicted octanol–water partition coefficient (Wildman–Crippen LogP) is 11.4. The van der Waals surface area contributed by atoms with Crippen LogP contribution in [-0.2, 0) is 31.9 Å². The molecule has 0 aliphatic carbocycles. The Balaban J connectivity index is 0.00000392. The van der Waals surface area contributed by atoms with E-state index in [4.69, 9.17) is 9.72 Å². The maximum absolute atomic E-state index is 6.70. The number of hydrogen-bond donors (Lipinski definition) is 0. The first-order chi connectivity index (χ1) is 23.5. The van der Waals surface area contributed by atoms with Crippen molar-refractivity contribution in [3.63, 3.8) is 0 Å². The average molecular weight is 836 g/mol. The largest absolute Gasteiger partial charge is 2.00 e. The summed E-state index contributed by atoms with van der Waals surface area (Å²) in [4.78, 5) is 9.50. The van der Waals surface area contributed by atoms with Gasteiger partial charge in [0.15, 0.2) is 0 Å². The van der Waals surface area contributed by atoms with Crippen molar-refractivity contribution in [2.24, 2.45) is 0 Å². The van der Waals surface area contributed by atoms with Crippen molar-refractivity contribution in [3.05, 3.63) is 145 Å². The Hall–Kier alpha value is -4.86. The normalized spacial score (nSPS) is 13.1. The van der Waals surface area contributed by atoms with Gasteiger partial charge in [-0.2, -0.15) is 6.07 Å². The molecule has 7 aromatic rings. The van der Waals surface area contributed by atoms with Gasteiger partial charge < -0.3 is 19.1 Å². The molecule has 2 aromatic heterocycles. The zero-order chi connectivity index (χ0) is 33.9. The fraction of sp³-hybridized carbons (Fsp3) is 0.205. The summed E-state index contributed by atoms with van der Waals surface area (Å²) in [6.07, 6.45) is 1.90. The molecule has 252 valence electrons. The van der Waals surface area contributed by atoms with Crippen LogP contribution in [0, 0.1) is 12.1 Å². The van der Waals surface area contributed by atoms with Gasteiger partial charge >= 0.3 is 21.1 Å². The van der Waals surface area contributed by atoms with Crippen molar-refractivity contribution in [1.29, 1.82) is 0 Å². The quantitative estimate of drug-likeness (QED) is 0.162. The number of anilines is 4. The van der Waals surface area contributed by atoms with Crippen molar-refractivity contribution < 1.29 is 25.8 Å². The van der Waals surface area contributed by atoms with Crippen molar-refractivity contribution in [1.82, 2.24) is 9.55 Å². The van der Waals surface area contributed by atoms with Crippen LogP contribution in [0.25, 0.3) is 27.6 Å². The monoisotopic (exact) mass is 835 g/mol. The van der Waals surface area contributed by atoms with E-state index in [9.17, 15) is 0 Å². The second-order valence-corrected chi connectivity index (χ2v) is 14.9. The van der Waals surface area contributed by atoms with Gasteiger partial charge in [0.25, 0.3) is 0 Å². The van der Waals surface area contributed by atoms with Gasteiger partial charge in [-0.05, 0) is 64.2 Å². The Bertz CT molecular complexity index is 2330. The van der Waals surface area contributed by atoms with E-state index < -0.39 is 0 Å². The molecule has 0 unspecified atom stereocenters. The molecular formula is C44H40N4OPt. The molecule has 0 radical (unpaired) electrons. The molecule has 0 saturated heterocycles. The van der Waals surface area contributed by atoms with Crippen molar-refractivity contribution in [2.45, 2.75) is 52.4 Å². The summed E-state index contributed by atoms with van der Waals surface area (Å²) in [5.41, 5.74) is 8.73. The molecule has 0 amide bonds. The Labute approximate surface area is 309 Å². The van der Waals surface area contributed by atoms with Crippen LogP contribution in [0.3, 0.4) is 0 Å². The summed E-state index contributed by atoms with van der Waals surface area (Å²) in [5, 5.41) is 2.26. The van der Waals surface area contributed by atoms with Gasteiger partial charge in [-0.3, -0.25) is 0 Å². The third-order valence-corrected chi connectivity index (χ3v) is 9.42. The number of pyridine rings is 1. The molecule has 0 saturated carbocycles. The standard InChI is InChI=1S/C44H40N4O.Pt/c1-43(2,3)30-22-23-45-42(26-30)48-38-17-11-10-16-36(38)37-21-20-34(28-41(37)48)49-35-25-31(44(4,5)6)24-33(27-35)47-29-46(32-14-8-7-9-15-32)39-18-12-13-19-40(39)47;/h7-26H,29H2,1-6H3;/q-2;+2. The van der Waals surface area contributed by atoms with Gasteiger partial charge in [0.05, 0.1) is 18.0 Å². The molecule has 0 N–H and O–H groups in total. The molecule has 1 aliphatic heterocycles. The van der Waals surface area contributed by atoms with Crippen molar-refractivity contribution in [3.8, 4) is 17.3 Å². The number of fused-ring (bicyclic) bond motifs is 4. The minimum atomic E-state index is -0.107. The van der Waals surface area contributed by atoms with E-state index in [-0.39, 0.29) is 31.9 Å². The van der Waals surface area contributed by atoms with E-state index in [1.54, 1.807) is 0 Å². The molecule has 0 fully saturated rings. The molecule has 0 spiro atoms. The number of hydrogen-bond acceptors (Lipinski definition) is 4. The van der Waals surface area contributed by atoms with Crippen LogP contribution in [-0.4, -0.2) is 16.2 Å². The van der Waals surface area contributed by atoms with Gasteiger partial charge in [0, 0.05) is 28.9 Å². The fourth-order valence-corrected chi connectivity index (χ4v) is 6.71. The molecule has 0 bridgehead atoms. The second-order valence-electron chi connectivity index (χ2n) is 14.9. The summed E-state index contributed by atoms with van der Waals surface area (Å²) in [7, 11) is 0. The van der Waals surface area contributed by atoms with Crippen LogP contribution < -0.4 is 14.5 Å². The second kappa shape index (κ2) is 12.8. The number of benzene rings is 5. The Morgan fingerprint density at radius 3 is 2.04 bits per heavy atom. The smallest absolute Gasteiger partial charge is 0.509 e. The van der Waals surface area contributed by atoms with E-state index >= 15 is 0 Å². The molecule has 6 heteroatoms. The van der Waals surface area contributed by atoms with Gasteiger partial charge in [0.1, 0.15) is 5.82 Å².